The number of amides is 1. The molecule has 0 aliphatic rings. The third-order valence-electron chi connectivity index (χ3n) is 3.10. The van der Waals surface area contributed by atoms with E-state index in [-0.39, 0.29) is 23.9 Å². The van der Waals surface area contributed by atoms with Gasteiger partial charge in [-0.15, -0.1) is 0 Å². The van der Waals surface area contributed by atoms with Crippen LogP contribution in [0, 0.1) is 13.8 Å². The van der Waals surface area contributed by atoms with Crippen molar-refractivity contribution in [2.45, 2.75) is 26.0 Å². The Morgan fingerprint density at radius 3 is 2.30 bits per heavy atom. The van der Waals surface area contributed by atoms with Gasteiger partial charge in [0.25, 0.3) is 0 Å². The molecule has 1 heterocycles. The number of benzene rings is 1. The predicted molar refractivity (Wildman–Crippen MR) is 88.7 cm³/mol. The van der Waals surface area contributed by atoms with Crippen LogP contribution >= 0.6 is 0 Å². The second kappa shape index (κ2) is 7.32. The number of nitrogens with zero attached hydrogens (tertiary/aromatic N) is 2. The van der Waals surface area contributed by atoms with Crippen molar-refractivity contribution in [1.29, 1.82) is 0 Å². The van der Waals surface area contributed by atoms with E-state index < -0.39 is 15.7 Å². The molecule has 2 rings (SSSR count). The van der Waals surface area contributed by atoms with Crippen molar-refractivity contribution in [1.82, 2.24) is 9.97 Å². The first-order valence-electron chi connectivity index (χ1n) is 7.20. The van der Waals surface area contributed by atoms with Crippen LogP contribution < -0.4 is 5.32 Å². The number of aromatic nitrogens is 2. The molecule has 1 amide bonds. The Morgan fingerprint density at radius 2 is 1.70 bits per heavy atom. The first kappa shape index (κ1) is 17.1. The average molecular weight is 333 g/mol. The summed E-state index contributed by atoms with van der Waals surface area (Å²) in [5.74, 6) is -0.487. The Hall–Kier alpha value is -2.28. The van der Waals surface area contributed by atoms with E-state index in [9.17, 15) is 13.2 Å². The van der Waals surface area contributed by atoms with Gasteiger partial charge in [-0.05, 0) is 25.5 Å². The van der Waals surface area contributed by atoms with Gasteiger partial charge in [0.05, 0.1) is 11.5 Å². The number of sulfone groups is 1. The van der Waals surface area contributed by atoms with Crippen molar-refractivity contribution in [2.24, 2.45) is 0 Å². The number of hydrogen-bond donors (Lipinski definition) is 1. The van der Waals surface area contributed by atoms with Gasteiger partial charge in [-0.3, -0.25) is 10.1 Å². The first-order valence-corrected chi connectivity index (χ1v) is 9.03. The molecular formula is C16H19N3O3S. The van der Waals surface area contributed by atoms with Gasteiger partial charge in [0, 0.05) is 17.8 Å². The monoisotopic (exact) mass is 333 g/mol. The van der Waals surface area contributed by atoms with E-state index in [1.165, 1.54) is 0 Å². The number of carbonyl (C=O) groups is 1. The summed E-state index contributed by atoms with van der Waals surface area (Å²) in [6.45, 7) is 3.60. The average Bonchev–Trinajstić information content (AvgIpc) is 2.45. The zero-order valence-electron chi connectivity index (χ0n) is 13.1. The molecule has 23 heavy (non-hydrogen) atoms. The minimum Gasteiger partial charge on any atom is -0.294 e. The maximum atomic E-state index is 12.1. The molecule has 0 atom stereocenters. The molecule has 6 nitrogen and oxygen atoms in total. The zero-order valence-corrected chi connectivity index (χ0v) is 13.9. The minimum absolute atomic E-state index is 0.0683. The van der Waals surface area contributed by atoms with Crippen molar-refractivity contribution in [3.8, 4) is 0 Å². The van der Waals surface area contributed by atoms with E-state index in [0.717, 1.165) is 11.4 Å². The number of rotatable bonds is 6. The summed E-state index contributed by atoms with van der Waals surface area (Å²) in [4.78, 5) is 20.1. The van der Waals surface area contributed by atoms with Crippen molar-refractivity contribution >= 4 is 21.7 Å². The smallest absolute Gasteiger partial charge is 0.229 e. The van der Waals surface area contributed by atoms with Crippen LogP contribution in [0.5, 0.6) is 0 Å². The molecule has 0 spiro atoms. The Morgan fingerprint density at radius 1 is 1.09 bits per heavy atom. The van der Waals surface area contributed by atoms with Crippen LogP contribution in [0.15, 0.2) is 36.4 Å². The quantitative estimate of drug-likeness (QED) is 0.874. The van der Waals surface area contributed by atoms with Gasteiger partial charge >= 0.3 is 0 Å². The van der Waals surface area contributed by atoms with E-state index in [1.54, 1.807) is 44.2 Å². The second-order valence-corrected chi connectivity index (χ2v) is 7.53. The number of carbonyl (C=O) groups excluding carboxylic acids is 1. The molecule has 0 radical (unpaired) electrons. The number of hydrogen-bond acceptors (Lipinski definition) is 5. The topological polar surface area (TPSA) is 89.0 Å². The van der Waals surface area contributed by atoms with E-state index in [4.69, 9.17) is 0 Å². The molecule has 0 bridgehead atoms. The van der Waals surface area contributed by atoms with Crippen LogP contribution in [0.2, 0.25) is 0 Å². The number of aryl methyl sites for hydroxylation is 2. The highest BCUT2D eigenvalue weighted by atomic mass is 32.2. The molecule has 1 aromatic carbocycles. The molecule has 0 saturated carbocycles. The Bertz CT molecular complexity index is 769. The SMILES string of the molecule is Cc1cc(C)nc(NC(=O)CCS(=O)(=O)Cc2ccccc2)n1. The normalized spacial score (nSPS) is 11.2. The van der Waals surface area contributed by atoms with Gasteiger partial charge in [0.1, 0.15) is 0 Å². The van der Waals surface area contributed by atoms with Gasteiger partial charge in [0.15, 0.2) is 9.84 Å². The molecule has 1 aromatic heterocycles. The van der Waals surface area contributed by atoms with E-state index >= 15 is 0 Å². The standard InChI is InChI=1S/C16H19N3O3S/c1-12-10-13(2)18-16(17-12)19-15(20)8-9-23(21,22)11-14-6-4-3-5-7-14/h3-7,10H,8-9,11H2,1-2H3,(H,17,18,19,20). The fraction of sp³-hybridized carbons (Fsp3) is 0.312. The summed E-state index contributed by atoms with van der Waals surface area (Å²) >= 11 is 0. The zero-order chi connectivity index (χ0) is 16.9. The van der Waals surface area contributed by atoms with Crippen LogP contribution in [0.1, 0.15) is 23.4 Å². The summed E-state index contributed by atoms with van der Waals surface area (Å²) < 4.78 is 24.1. The summed E-state index contributed by atoms with van der Waals surface area (Å²) in [6.07, 6.45) is -0.120. The maximum Gasteiger partial charge on any atom is 0.229 e. The molecule has 122 valence electrons. The fourth-order valence-electron chi connectivity index (χ4n) is 2.12. The summed E-state index contributed by atoms with van der Waals surface area (Å²) in [7, 11) is -3.34. The lowest BCUT2D eigenvalue weighted by Crippen LogP contribution is -2.19. The lowest BCUT2D eigenvalue weighted by Gasteiger charge is -2.06. The van der Waals surface area contributed by atoms with Gasteiger partial charge < -0.3 is 0 Å². The van der Waals surface area contributed by atoms with Gasteiger partial charge in [-0.25, -0.2) is 18.4 Å². The van der Waals surface area contributed by atoms with Crippen LogP contribution in [0.25, 0.3) is 0 Å². The van der Waals surface area contributed by atoms with Crippen molar-refractivity contribution < 1.29 is 13.2 Å². The largest absolute Gasteiger partial charge is 0.294 e. The molecule has 0 saturated heterocycles. The molecule has 0 aliphatic heterocycles. The summed E-state index contributed by atoms with van der Waals surface area (Å²) in [5.41, 5.74) is 2.19. The fourth-order valence-corrected chi connectivity index (χ4v) is 3.46. The molecule has 0 unspecified atom stereocenters. The molecule has 0 fully saturated rings. The van der Waals surface area contributed by atoms with Gasteiger partial charge in [0.2, 0.25) is 11.9 Å². The van der Waals surface area contributed by atoms with Crippen LogP contribution in [-0.2, 0) is 20.4 Å². The number of anilines is 1. The highest BCUT2D eigenvalue weighted by molar-refractivity contribution is 7.90. The Kier molecular flexibility index (Phi) is 5.44. The highest BCUT2D eigenvalue weighted by Crippen LogP contribution is 2.08. The third kappa shape index (κ3) is 5.78. The van der Waals surface area contributed by atoms with Crippen LogP contribution in [-0.4, -0.2) is 30.0 Å². The molecule has 0 aliphatic carbocycles. The Labute approximate surface area is 135 Å². The third-order valence-corrected chi connectivity index (χ3v) is 4.70. The van der Waals surface area contributed by atoms with Crippen LogP contribution in [0.3, 0.4) is 0 Å². The van der Waals surface area contributed by atoms with E-state index in [1.807, 2.05) is 6.07 Å². The van der Waals surface area contributed by atoms with Gasteiger partial charge in [-0.2, -0.15) is 0 Å². The molecule has 2 aromatic rings. The summed E-state index contributed by atoms with van der Waals surface area (Å²) in [5, 5.41) is 2.53. The van der Waals surface area contributed by atoms with Crippen LogP contribution in [0.4, 0.5) is 5.95 Å². The molecule has 1 N–H and O–H groups in total. The molecule has 7 heteroatoms. The van der Waals surface area contributed by atoms with E-state index in [2.05, 4.69) is 15.3 Å². The minimum atomic E-state index is -3.34. The lowest BCUT2D eigenvalue weighted by atomic mass is 10.2. The summed E-state index contributed by atoms with van der Waals surface area (Å²) in [6, 6.07) is 10.7. The first-order chi connectivity index (χ1) is 10.8. The maximum absolute atomic E-state index is 12.1. The molecular weight excluding hydrogens is 314 g/mol. The van der Waals surface area contributed by atoms with Gasteiger partial charge in [-0.1, -0.05) is 30.3 Å². The van der Waals surface area contributed by atoms with E-state index in [0.29, 0.717) is 5.56 Å². The lowest BCUT2D eigenvalue weighted by molar-refractivity contribution is -0.115. The van der Waals surface area contributed by atoms with Crippen molar-refractivity contribution in [3.05, 3.63) is 53.3 Å². The Balaban J connectivity index is 1.90. The highest BCUT2D eigenvalue weighted by Gasteiger charge is 2.15. The number of nitrogens with one attached hydrogen (secondary N) is 1. The van der Waals surface area contributed by atoms with Crippen molar-refractivity contribution in [3.63, 3.8) is 0 Å². The second-order valence-electron chi connectivity index (χ2n) is 5.35. The van der Waals surface area contributed by atoms with Crippen molar-refractivity contribution in [2.75, 3.05) is 11.1 Å². The predicted octanol–water partition coefficient (Wildman–Crippen LogP) is 2.04.